The van der Waals surface area contributed by atoms with Crippen LogP contribution in [-0.2, 0) is 0 Å². The molecule has 0 aliphatic carbocycles. The van der Waals surface area contributed by atoms with E-state index in [1.807, 2.05) is 0 Å². The van der Waals surface area contributed by atoms with E-state index in [1.54, 1.807) is 0 Å². The Morgan fingerprint density at radius 1 is 1.10 bits per heavy atom. The van der Waals surface area contributed by atoms with Crippen LogP contribution in [0.4, 0.5) is 18.9 Å². The monoisotopic (exact) mass is 281 g/mol. The van der Waals surface area contributed by atoms with Crippen LogP contribution < -0.4 is 5.32 Å². The van der Waals surface area contributed by atoms with Crippen molar-refractivity contribution >= 4 is 11.6 Å². The Morgan fingerprint density at radius 2 is 1.75 bits per heavy atom. The molecule has 104 valence electrons. The van der Waals surface area contributed by atoms with Crippen LogP contribution in [0, 0.1) is 24.4 Å². The van der Waals surface area contributed by atoms with Crippen molar-refractivity contribution in [3.63, 3.8) is 0 Å². The second-order valence-electron chi connectivity index (χ2n) is 4.15. The van der Waals surface area contributed by atoms with Crippen LogP contribution in [0.1, 0.15) is 15.9 Å². The number of hydrogen-bond donors (Lipinski definition) is 2. The van der Waals surface area contributed by atoms with Crippen molar-refractivity contribution in [3.8, 4) is 5.75 Å². The molecule has 20 heavy (non-hydrogen) atoms. The maximum atomic E-state index is 13.4. The lowest BCUT2D eigenvalue weighted by Gasteiger charge is -2.09. The summed E-state index contributed by atoms with van der Waals surface area (Å²) in [4.78, 5) is 11.9. The predicted octanol–water partition coefficient (Wildman–Crippen LogP) is 3.37. The minimum atomic E-state index is -1.34. The highest BCUT2D eigenvalue weighted by Crippen LogP contribution is 2.23. The van der Waals surface area contributed by atoms with Gasteiger partial charge in [0.25, 0.3) is 5.91 Å². The number of hydrogen-bond acceptors (Lipinski definition) is 2. The third kappa shape index (κ3) is 2.59. The third-order valence-electron chi connectivity index (χ3n) is 2.81. The van der Waals surface area contributed by atoms with Gasteiger partial charge in [-0.05, 0) is 19.1 Å². The number of phenolic OH excluding ortho intramolecular Hbond substituents is 1. The Balaban J connectivity index is 2.33. The smallest absolute Gasteiger partial charge is 0.256 e. The molecule has 0 bridgehead atoms. The zero-order valence-electron chi connectivity index (χ0n) is 10.4. The second kappa shape index (κ2) is 5.24. The topological polar surface area (TPSA) is 49.3 Å². The fourth-order valence-electron chi connectivity index (χ4n) is 1.68. The molecule has 0 atom stereocenters. The Kier molecular flexibility index (Phi) is 3.65. The normalized spacial score (nSPS) is 10.4. The van der Waals surface area contributed by atoms with Crippen LogP contribution in [0.25, 0.3) is 0 Å². The van der Waals surface area contributed by atoms with Crippen LogP contribution in [0.2, 0.25) is 0 Å². The third-order valence-corrected chi connectivity index (χ3v) is 2.81. The number of halogens is 3. The largest absolute Gasteiger partial charge is 0.508 e. The molecule has 0 fully saturated rings. The van der Waals surface area contributed by atoms with E-state index in [-0.39, 0.29) is 11.3 Å². The fraction of sp³-hybridized carbons (Fsp3) is 0.0714. The van der Waals surface area contributed by atoms with Gasteiger partial charge in [0.1, 0.15) is 11.6 Å². The van der Waals surface area contributed by atoms with E-state index in [0.29, 0.717) is 17.7 Å². The van der Waals surface area contributed by atoms with Gasteiger partial charge in [-0.1, -0.05) is 6.07 Å². The molecule has 0 saturated carbocycles. The van der Waals surface area contributed by atoms with E-state index in [2.05, 4.69) is 5.32 Å². The van der Waals surface area contributed by atoms with Crippen LogP contribution in [0.3, 0.4) is 0 Å². The molecule has 1 amide bonds. The number of carbonyl (C=O) groups is 1. The summed E-state index contributed by atoms with van der Waals surface area (Å²) in [5, 5.41) is 11.6. The summed E-state index contributed by atoms with van der Waals surface area (Å²) in [6, 6.07) is 5.16. The van der Waals surface area contributed by atoms with Crippen molar-refractivity contribution in [2.75, 3.05) is 5.32 Å². The van der Waals surface area contributed by atoms with Crippen LogP contribution in [0.5, 0.6) is 5.75 Å². The van der Waals surface area contributed by atoms with E-state index in [1.165, 1.54) is 25.1 Å². The van der Waals surface area contributed by atoms with Gasteiger partial charge in [-0.3, -0.25) is 4.79 Å². The van der Waals surface area contributed by atoms with Gasteiger partial charge in [-0.2, -0.15) is 0 Å². The van der Waals surface area contributed by atoms with E-state index in [0.717, 1.165) is 0 Å². The highest BCUT2D eigenvalue weighted by molar-refractivity contribution is 6.05. The zero-order valence-corrected chi connectivity index (χ0v) is 10.4. The summed E-state index contributed by atoms with van der Waals surface area (Å²) >= 11 is 0. The van der Waals surface area contributed by atoms with Gasteiger partial charge in [-0.15, -0.1) is 0 Å². The number of anilines is 1. The minimum Gasteiger partial charge on any atom is -0.508 e. The number of rotatable bonds is 2. The Bertz CT molecular complexity index is 686. The van der Waals surface area contributed by atoms with Crippen LogP contribution >= 0.6 is 0 Å². The van der Waals surface area contributed by atoms with Crippen molar-refractivity contribution in [3.05, 3.63) is 58.9 Å². The number of carbonyl (C=O) groups excluding carboxylic acids is 1. The summed E-state index contributed by atoms with van der Waals surface area (Å²) in [5.41, 5.74) is -0.0706. The van der Waals surface area contributed by atoms with Gasteiger partial charge in [0.15, 0.2) is 11.6 Å². The molecule has 0 spiro atoms. The van der Waals surface area contributed by atoms with Crippen molar-refractivity contribution in [2.45, 2.75) is 6.92 Å². The van der Waals surface area contributed by atoms with Crippen molar-refractivity contribution in [1.29, 1.82) is 0 Å². The molecular weight excluding hydrogens is 271 g/mol. The zero-order chi connectivity index (χ0) is 14.9. The van der Waals surface area contributed by atoms with Crippen molar-refractivity contribution < 1.29 is 23.1 Å². The molecule has 2 aromatic carbocycles. The Morgan fingerprint density at radius 3 is 2.45 bits per heavy atom. The summed E-state index contributed by atoms with van der Waals surface area (Å²) in [6.07, 6.45) is 0. The highest BCUT2D eigenvalue weighted by Gasteiger charge is 2.15. The minimum absolute atomic E-state index is 0.0941. The van der Waals surface area contributed by atoms with Crippen LogP contribution in [0.15, 0.2) is 30.3 Å². The van der Waals surface area contributed by atoms with E-state index >= 15 is 0 Å². The van der Waals surface area contributed by atoms with Gasteiger partial charge < -0.3 is 10.4 Å². The average molecular weight is 281 g/mol. The first kappa shape index (κ1) is 13.9. The first-order valence-electron chi connectivity index (χ1n) is 5.64. The SMILES string of the molecule is Cc1c(O)cccc1C(=O)Nc1cc(F)c(F)cc1F. The maximum absolute atomic E-state index is 13.4. The predicted molar refractivity (Wildman–Crippen MR) is 67.1 cm³/mol. The average Bonchev–Trinajstić information content (AvgIpc) is 2.39. The Labute approximate surface area is 112 Å². The molecule has 2 N–H and O–H groups in total. The molecular formula is C14H10F3NO2. The summed E-state index contributed by atoms with van der Waals surface area (Å²) in [5.74, 6) is -4.52. The standard InChI is InChI=1S/C14H10F3NO2/c1-7-8(3-2-4-13(7)19)14(20)18-12-6-10(16)9(15)5-11(12)17/h2-6,19H,1H3,(H,18,20). The highest BCUT2D eigenvalue weighted by atomic mass is 19.2. The second-order valence-corrected chi connectivity index (χ2v) is 4.15. The van der Waals surface area contributed by atoms with E-state index in [4.69, 9.17) is 0 Å². The van der Waals surface area contributed by atoms with Crippen molar-refractivity contribution in [2.24, 2.45) is 0 Å². The summed E-state index contributed by atoms with van der Waals surface area (Å²) in [6.45, 7) is 1.51. The quantitative estimate of drug-likeness (QED) is 0.829. The summed E-state index contributed by atoms with van der Waals surface area (Å²) < 4.78 is 39.2. The van der Waals surface area contributed by atoms with Gasteiger partial charge in [0.2, 0.25) is 0 Å². The van der Waals surface area contributed by atoms with Crippen LogP contribution in [-0.4, -0.2) is 11.0 Å². The maximum Gasteiger partial charge on any atom is 0.256 e. The Hall–Kier alpha value is -2.50. The number of amides is 1. The number of benzene rings is 2. The number of nitrogens with one attached hydrogen (secondary N) is 1. The summed E-state index contributed by atoms with van der Waals surface area (Å²) in [7, 11) is 0. The molecule has 0 radical (unpaired) electrons. The van der Waals surface area contributed by atoms with Gasteiger partial charge in [-0.25, -0.2) is 13.2 Å². The van der Waals surface area contributed by atoms with E-state index < -0.39 is 29.0 Å². The molecule has 0 aliphatic heterocycles. The molecule has 2 rings (SSSR count). The molecule has 0 unspecified atom stereocenters. The number of phenols is 1. The molecule has 0 heterocycles. The molecule has 0 saturated heterocycles. The lowest BCUT2D eigenvalue weighted by Crippen LogP contribution is -2.14. The number of aromatic hydroxyl groups is 1. The van der Waals surface area contributed by atoms with Gasteiger partial charge in [0.05, 0.1) is 5.69 Å². The first-order chi connectivity index (χ1) is 9.40. The lowest BCUT2D eigenvalue weighted by atomic mass is 10.1. The fourth-order valence-corrected chi connectivity index (χ4v) is 1.68. The molecule has 0 aromatic heterocycles. The molecule has 2 aromatic rings. The molecule has 3 nitrogen and oxygen atoms in total. The van der Waals surface area contributed by atoms with Gasteiger partial charge in [0, 0.05) is 23.3 Å². The molecule has 0 aliphatic rings. The first-order valence-corrected chi connectivity index (χ1v) is 5.64. The van der Waals surface area contributed by atoms with Gasteiger partial charge >= 0.3 is 0 Å². The molecule has 6 heteroatoms. The lowest BCUT2D eigenvalue weighted by molar-refractivity contribution is 0.102. The van der Waals surface area contributed by atoms with E-state index in [9.17, 15) is 23.1 Å². The van der Waals surface area contributed by atoms with Crippen molar-refractivity contribution in [1.82, 2.24) is 0 Å².